The fourth-order valence-corrected chi connectivity index (χ4v) is 4.38. The molecule has 0 spiro atoms. The SMILES string of the molecule is CC(C)CC(C)N(C)S(=O)(=O)c1c(N)cc(Cl)cc1Cl. The minimum absolute atomic E-state index is 0.0404. The maximum absolute atomic E-state index is 12.6. The van der Waals surface area contributed by atoms with Crippen LogP contribution in [0.4, 0.5) is 5.69 Å². The maximum atomic E-state index is 12.6. The van der Waals surface area contributed by atoms with Crippen LogP contribution in [0.2, 0.25) is 10.0 Å². The van der Waals surface area contributed by atoms with Crippen LogP contribution in [-0.2, 0) is 10.0 Å². The zero-order valence-corrected chi connectivity index (χ0v) is 14.4. The summed E-state index contributed by atoms with van der Waals surface area (Å²) in [5, 5.41) is 0.350. The average molecular weight is 339 g/mol. The normalized spacial score (nSPS) is 14.0. The van der Waals surface area contributed by atoms with Crippen molar-refractivity contribution in [3.63, 3.8) is 0 Å². The van der Waals surface area contributed by atoms with Crippen LogP contribution < -0.4 is 5.73 Å². The maximum Gasteiger partial charge on any atom is 0.246 e. The van der Waals surface area contributed by atoms with Gasteiger partial charge in [0.05, 0.1) is 10.7 Å². The Morgan fingerprint density at radius 1 is 1.25 bits per heavy atom. The third kappa shape index (κ3) is 3.79. The van der Waals surface area contributed by atoms with Crippen LogP contribution in [0.15, 0.2) is 17.0 Å². The molecule has 0 aliphatic rings. The molecule has 0 aromatic heterocycles. The summed E-state index contributed by atoms with van der Waals surface area (Å²) >= 11 is 11.8. The Kier molecular flexibility index (Phi) is 5.72. The highest BCUT2D eigenvalue weighted by atomic mass is 35.5. The van der Waals surface area contributed by atoms with E-state index >= 15 is 0 Å². The summed E-state index contributed by atoms with van der Waals surface area (Å²) in [6.45, 7) is 5.94. The molecule has 0 aliphatic carbocycles. The van der Waals surface area contributed by atoms with Gasteiger partial charge >= 0.3 is 0 Å². The minimum atomic E-state index is -3.74. The molecule has 1 aromatic rings. The van der Waals surface area contributed by atoms with Crippen LogP contribution in [0, 0.1) is 5.92 Å². The van der Waals surface area contributed by atoms with E-state index in [0.717, 1.165) is 6.42 Å². The second kappa shape index (κ2) is 6.52. The number of rotatable bonds is 5. The molecule has 0 radical (unpaired) electrons. The van der Waals surface area contributed by atoms with Gasteiger partial charge in [-0.1, -0.05) is 37.0 Å². The molecule has 0 aliphatic heterocycles. The zero-order valence-electron chi connectivity index (χ0n) is 12.0. The predicted octanol–water partition coefficient (Wildman–Crippen LogP) is 3.63. The van der Waals surface area contributed by atoms with Gasteiger partial charge in [-0.2, -0.15) is 4.31 Å². The van der Waals surface area contributed by atoms with Crippen LogP contribution >= 0.6 is 23.2 Å². The molecule has 0 fully saturated rings. The molecule has 1 atom stereocenters. The monoisotopic (exact) mass is 338 g/mol. The largest absolute Gasteiger partial charge is 0.398 e. The molecule has 20 heavy (non-hydrogen) atoms. The number of halogens is 2. The second-order valence-electron chi connectivity index (χ2n) is 5.31. The van der Waals surface area contributed by atoms with E-state index in [4.69, 9.17) is 28.9 Å². The summed E-state index contributed by atoms with van der Waals surface area (Å²) in [7, 11) is -2.21. The van der Waals surface area contributed by atoms with Crippen molar-refractivity contribution in [1.29, 1.82) is 0 Å². The van der Waals surface area contributed by atoms with E-state index in [1.54, 1.807) is 0 Å². The van der Waals surface area contributed by atoms with Gasteiger partial charge in [-0.3, -0.25) is 0 Å². The van der Waals surface area contributed by atoms with Crippen molar-refractivity contribution in [3.8, 4) is 0 Å². The number of hydrogen-bond acceptors (Lipinski definition) is 3. The number of hydrogen-bond donors (Lipinski definition) is 1. The lowest BCUT2D eigenvalue weighted by Crippen LogP contribution is -2.36. The average Bonchev–Trinajstić information content (AvgIpc) is 2.24. The molecule has 1 unspecified atom stereocenters. The Bertz CT molecular complexity index is 565. The highest BCUT2D eigenvalue weighted by Gasteiger charge is 2.30. The van der Waals surface area contributed by atoms with E-state index in [2.05, 4.69) is 0 Å². The van der Waals surface area contributed by atoms with E-state index < -0.39 is 10.0 Å². The van der Waals surface area contributed by atoms with E-state index in [0.29, 0.717) is 10.9 Å². The first-order valence-electron chi connectivity index (χ1n) is 6.30. The zero-order chi connectivity index (χ0) is 15.7. The summed E-state index contributed by atoms with van der Waals surface area (Å²) in [6, 6.07) is 2.63. The van der Waals surface area contributed by atoms with Gasteiger partial charge in [0.2, 0.25) is 10.0 Å². The molecule has 0 amide bonds. The number of nitrogens with two attached hydrogens (primary N) is 1. The molecular weight excluding hydrogens is 319 g/mol. The van der Waals surface area contributed by atoms with Crippen LogP contribution in [0.5, 0.6) is 0 Å². The minimum Gasteiger partial charge on any atom is -0.398 e. The number of sulfonamides is 1. The molecule has 0 bridgehead atoms. The lowest BCUT2D eigenvalue weighted by molar-refractivity contribution is 0.338. The molecule has 0 heterocycles. The first kappa shape index (κ1) is 17.6. The van der Waals surface area contributed by atoms with Crippen LogP contribution in [-0.4, -0.2) is 25.8 Å². The first-order valence-corrected chi connectivity index (χ1v) is 8.49. The number of benzene rings is 1. The lowest BCUT2D eigenvalue weighted by atomic mass is 10.1. The van der Waals surface area contributed by atoms with Gasteiger partial charge < -0.3 is 5.73 Å². The summed E-state index contributed by atoms with van der Waals surface area (Å²) in [4.78, 5) is -0.0818. The number of nitrogen functional groups attached to an aromatic ring is 1. The quantitative estimate of drug-likeness (QED) is 0.833. The van der Waals surface area contributed by atoms with Crippen molar-refractivity contribution in [2.75, 3.05) is 12.8 Å². The van der Waals surface area contributed by atoms with Gasteiger partial charge in [-0.25, -0.2) is 8.42 Å². The van der Waals surface area contributed by atoms with Crippen molar-refractivity contribution in [2.24, 2.45) is 5.92 Å². The smallest absolute Gasteiger partial charge is 0.246 e. The Balaban J connectivity index is 3.24. The summed E-state index contributed by atoms with van der Waals surface area (Å²) in [5.74, 6) is 0.390. The molecule has 114 valence electrons. The number of anilines is 1. The van der Waals surface area contributed by atoms with Gasteiger partial charge in [0.1, 0.15) is 4.90 Å². The molecule has 1 aromatic carbocycles. The summed E-state index contributed by atoms with van der Waals surface area (Å²) in [5.41, 5.74) is 5.83. The third-order valence-electron chi connectivity index (χ3n) is 3.11. The van der Waals surface area contributed by atoms with Gasteiger partial charge in [0, 0.05) is 18.1 Å². The Morgan fingerprint density at radius 3 is 2.25 bits per heavy atom. The first-order chi connectivity index (χ1) is 9.07. The van der Waals surface area contributed by atoms with E-state index in [-0.39, 0.29) is 21.6 Å². The summed E-state index contributed by atoms with van der Waals surface area (Å²) < 4.78 is 26.6. The Labute approximate surface area is 130 Å². The highest BCUT2D eigenvalue weighted by molar-refractivity contribution is 7.89. The van der Waals surface area contributed by atoms with Gasteiger partial charge in [0.25, 0.3) is 0 Å². The molecular formula is C13H20Cl2N2O2S. The topological polar surface area (TPSA) is 63.4 Å². The van der Waals surface area contributed by atoms with Crippen molar-refractivity contribution in [1.82, 2.24) is 4.31 Å². The molecule has 1 rings (SSSR count). The summed E-state index contributed by atoms with van der Waals surface area (Å²) in [6.07, 6.45) is 0.751. The highest BCUT2D eigenvalue weighted by Crippen LogP contribution is 2.33. The van der Waals surface area contributed by atoms with Gasteiger partial charge in [0.15, 0.2) is 0 Å². The van der Waals surface area contributed by atoms with Gasteiger partial charge in [-0.05, 0) is 31.4 Å². The lowest BCUT2D eigenvalue weighted by Gasteiger charge is -2.26. The van der Waals surface area contributed by atoms with Crippen LogP contribution in [0.3, 0.4) is 0 Å². The second-order valence-corrected chi connectivity index (χ2v) is 8.08. The Morgan fingerprint density at radius 2 is 1.80 bits per heavy atom. The molecule has 2 N–H and O–H groups in total. The fraction of sp³-hybridized carbons (Fsp3) is 0.538. The van der Waals surface area contributed by atoms with Crippen molar-refractivity contribution in [3.05, 3.63) is 22.2 Å². The van der Waals surface area contributed by atoms with Crippen molar-refractivity contribution >= 4 is 38.9 Å². The molecule has 7 heteroatoms. The Hall–Kier alpha value is -0.490. The fourth-order valence-electron chi connectivity index (χ4n) is 2.06. The van der Waals surface area contributed by atoms with E-state index in [1.807, 2.05) is 20.8 Å². The molecule has 4 nitrogen and oxygen atoms in total. The van der Waals surface area contributed by atoms with Crippen LogP contribution in [0.1, 0.15) is 27.2 Å². The standard InChI is InChI=1S/C13H20Cl2N2O2S/c1-8(2)5-9(3)17(4)20(18,19)13-11(15)6-10(14)7-12(13)16/h6-9H,5,16H2,1-4H3. The molecule has 0 saturated heterocycles. The van der Waals surface area contributed by atoms with Crippen molar-refractivity contribution in [2.45, 2.75) is 38.1 Å². The van der Waals surface area contributed by atoms with Gasteiger partial charge in [-0.15, -0.1) is 0 Å². The number of nitrogens with zero attached hydrogens (tertiary/aromatic N) is 1. The van der Waals surface area contributed by atoms with E-state index in [9.17, 15) is 8.42 Å². The predicted molar refractivity (Wildman–Crippen MR) is 84.7 cm³/mol. The van der Waals surface area contributed by atoms with Crippen molar-refractivity contribution < 1.29 is 8.42 Å². The third-order valence-corrected chi connectivity index (χ3v) is 5.83. The molecule has 0 saturated carbocycles. The van der Waals surface area contributed by atoms with Crippen LogP contribution in [0.25, 0.3) is 0 Å². The van der Waals surface area contributed by atoms with E-state index in [1.165, 1.54) is 23.5 Å².